The van der Waals surface area contributed by atoms with Crippen LogP contribution in [0.15, 0.2) is 52.5 Å². The van der Waals surface area contributed by atoms with Gasteiger partial charge in [0.05, 0.1) is 14.2 Å². The molecule has 0 fully saturated rings. The van der Waals surface area contributed by atoms with Crippen LogP contribution in [0.25, 0.3) is 17.5 Å². The number of methoxy groups -OCH3 is 2. The minimum atomic E-state index is -1.04. The highest BCUT2D eigenvalue weighted by Crippen LogP contribution is 2.31. The molecule has 2 aromatic carbocycles. The average Bonchev–Trinajstić information content (AvgIpc) is 3.21. The molecule has 0 aliphatic carbocycles. The summed E-state index contributed by atoms with van der Waals surface area (Å²) in [5.41, 5.74) is 2.72. The predicted molar refractivity (Wildman–Crippen MR) is 117 cm³/mol. The van der Waals surface area contributed by atoms with Gasteiger partial charge in [0.15, 0.2) is 5.82 Å². The standard InChI is InChI=1S/C22H23N3O4S/c1-13(2)15-7-5-14(6-8-15)9-19(21(26)27)30-22-23-20(24-25-22)16-10-17(28-3)12-18(11-16)29-4/h5-13H,1-4H3,(H,26,27)(H,23,24,25)/b19-9-. The van der Waals surface area contributed by atoms with Gasteiger partial charge >= 0.3 is 5.97 Å². The first-order valence-corrected chi connectivity index (χ1v) is 10.1. The number of nitrogens with one attached hydrogen (secondary N) is 1. The lowest BCUT2D eigenvalue weighted by Crippen LogP contribution is -1.97. The summed E-state index contributed by atoms with van der Waals surface area (Å²) < 4.78 is 10.6. The van der Waals surface area contributed by atoms with E-state index in [1.165, 1.54) is 5.56 Å². The number of thioether (sulfide) groups is 1. The van der Waals surface area contributed by atoms with E-state index in [1.54, 1.807) is 38.5 Å². The highest BCUT2D eigenvalue weighted by Gasteiger charge is 2.15. The van der Waals surface area contributed by atoms with Gasteiger partial charge in [-0.2, -0.15) is 0 Å². The molecule has 0 spiro atoms. The van der Waals surface area contributed by atoms with Gasteiger partial charge in [0.2, 0.25) is 5.16 Å². The SMILES string of the molecule is COc1cc(OC)cc(-c2nc(S/C(=C\c3ccc(C(C)C)cc3)C(=O)O)n[nH]2)c1. The number of rotatable bonds is 8. The van der Waals surface area contributed by atoms with Crippen LogP contribution in [-0.2, 0) is 4.79 Å². The average molecular weight is 426 g/mol. The van der Waals surface area contributed by atoms with E-state index in [0.717, 1.165) is 22.9 Å². The number of aromatic nitrogens is 3. The third-order valence-corrected chi connectivity index (χ3v) is 5.28. The number of hydrogen-bond donors (Lipinski definition) is 2. The summed E-state index contributed by atoms with van der Waals surface area (Å²) in [4.78, 5) is 16.3. The number of hydrogen-bond acceptors (Lipinski definition) is 6. The summed E-state index contributed by atoms with van der Waals surface area (Å²) in [5.74, 6) is 1.10. The van der Waals surface area contributed by atoms with Crippen LogP contribution in [0.5, 0.6) is 11.5 Å². The van der Waals surface area contributed by atoms with E-state index < -0.39 is 5.97 Å². The zero-order valence-corrected chi connectivity index (χ0v) is 18.0. The Morgan fingerprint density at radius 2 is 1.73 bits per heavy atom. The molecule has 8 heteroatoms. The molecule has 30 heavy (non-hydrogen) atoms. The summed E-state index contributed by atoms with van der Waals surface area (Å²) in [6.07, 6.45) is 1.61. The van der Waals surface area contributed by atoms with E-state index in [0.29, 0.717) is 28.4 Å². The van der Waals surface area contributed by atoms with Crippen LogP contribution in [0.4, 0.5) is 0 Å². The van der Waals surface area contributed by atoms with Gasteiger partial charge in [0.1, 0.15) is 16.4 Å². The van der Waals surface area contributed by atoms with Crippen molar-refractivity contribution in [1.29, 1.82) is 0 Å². The Balaban J connectivity index is 1.84. The maximum absolute atomic E-state index is 11.7. The van der Waals surface area contributed by atoms with Crippen molar-refractivity contribution in [2.24, 2.45) is 0 Å². The second kappa shape index (κ2) is 9.49. The van der Waals surface area contributed by atoms with E-state index >= 15 is 0 Å². The van der Waals surface area contributed by atoms with Gasteiger partial charge in [-0.3, -0.25) is 5.10 Å². The highest BCUT2D eigenvalue weighted by atomic mass is 32.2. The highest BCUT2D eigenvalue weighted by molar-refractivity contribution is 8.04. The number of carbonyl (C=O) groups is 1. The second-order valence-electron chi connectivity index (χ2n) is 6.81. The van der Waals surface area contributed by atoms with Crippen molar-refractivity contribution in [3.05, 3.63) is 58.5 Å². The lowest BCUT2D eigenvalue weighted by molar-refractivity contribution is -0.131. The number of ether oxygens (including phenoxy) is 2. The quantitative estimate of drug-likeness (QED) is 0.394. The van der Waals surface area contributed by atoms with Gasteiger partial charge in [-0.15, -0.1) is 5.10 Å². The minimum absolute atomic E-state index is 0.126. The Bertz CT molecular complexity index is 1040. The molecule has 2 N–H and O–H groups in total. The van der Waals surface area contributed by atoms with E-state index in [1.807, 2.05) is 24.3 Å². The molecule has 0 aliphatic rings. The summed E-state index contributed by atoms with van der Waals surface area (Å²) in [7, 11) is 3.13. The van der Waals surface area contributed by atoms with Gasteiger partial charge in [-0.1, -0.05) is 38.1 Å². The molecule has 0 atom stereocenters. The van der Waals surface area contributed by atoms with Crippen molar-refractivity contribution in [2.45, 2.75) is 24.9 Å². The van der Waals surface area contributed by atoms with Crippen LogP contribution >= 0.6 is 11.8 Å². The fourth-order valence-corrected chi connectivity index (χ4v) is 3.43. The van der Waals surface area contributed by atoms with Crippen molar-refractivity contribution < 1.29 is 19.4 Å². The van der Waals surface area contributed by atoms with Gasteiger partial charge in [-0.05, 0) is 47.0 Å². The molecule has 0 aliphatic heterocycles. The first-order valence-electron chi connectivity index (χ1n) is 9.28. The first-order chi connectivity index (χ1) is 14.4. The molecule has 0 saturated carbocycles. The van der Waals surface area contributed by atoms with Crippen LogP contribution in [-0.4, -0.2) is 40.5 Å². The number of carboxylic acids is 1. The monoisotopic (exact) mass is 425 g/mol. The smallest absolute Gasteiger partial charge is 0.342 e. The molecule has 3 rings (SSSR count). The van der Waals surface area contributed by atoms with E-state index in [-0.39, 0.29) is 4.91 Å². The zero-order chi connectivity index (χ0) is 21.7. The lowest BCUT2D eigenvalue weighted by atomic mass is 10.0. The van der Waals surface area contributed by atoms with Crippen LogP contribution in [0.1, 0.15) is 30.9 Å². The van der Waals surface area contributed by atoms with Crippen LogP contribution in [0, 0.1) is 0 Å². The largest absolute Gasteiger partial charge is 0.497 e. The Labute approximate surface area is 179 Å². The second-order valence-corrected chi connectivity index (χ2v) is 7.81. The first kappa shape index (κ1) is 21.4. The van der Waals surface area contributed by atoms with Crippen molar-refractivity contribution in [3.63, 3.8) is 0 Å². The molecule has 1 aromatic heterocycles. The zero-order valence-electron chi connectivity index (χ0n) is 17.2. The molecule has 0 bridgehead atoms. The Morgan fingerprint density at radius 3 is 2.27 bits per heavy atom. The summed E-state index contributed by atoms with van der Waals surface area (Å²) in [6, 6.07) is 13.2. The number of H-pyrrole nitrogens is 1. The summed E-state index contributed by atoms with van der Waals surface area (Å²) in [6.45, 7) is 4.23. The molecular weight excluding hydrogens is 402 g/mol. The van der Waals surface area contributed by atoms with Gasteiger partial charge < -0.3 is 14.6 Å². The number of carboxylic acid groups (broad SMARTS) is 1. The maximum atomic E-state index is 11.7. The minimum Gasteiger partial charge on any atom is -0.497 e. The number of aromatic amines is 1. The third kappa shape index (κ3) is 5.21. The molecule has 0 saturated heterocycles. The molecule has 0 amide bonds. The third-order valence-electron chi connectivity index (χ3n) is 4.40. The number of aliphatic carboxylic acids is 1. The van der Waals surface area contributed by atoms with Gasteiger partial charge in [0, 0.05) is 11.6 Å². The van der Waals surface area contributed by atoms with E-state index in [2.05, 4.69) is 29.0 Å². The van der Waals surface area contributed by atoms with E-state index in [4.69, 9.17) is 9.47 Å². The van der Waals surface area contributed by atoms with Crippen molar-refractivity contribution >= 4 is 23.8 Å². The predicted octanol–water partition coefficient (Wildman–Crippen LogP) is 4.83. The fraction of sp³-hybridized carbons (Fsp3) is 0.227. The van der Waals surface area contributed by atoms with Crippen molar-refractivity contribution in [1.82, 2.24) is 15.2 Å². The summed E-state index contributed by atoms with van der Waals surface area (Å²) >= 11 is 0.983. The Hall–Kier alpha value is -3.26. The Kier molecular flexibility index (Phi) is 6.79. The topological polar surface area (TPSA) is 97.3 Å². The molecular formula is C22H23N3O4S. The molecule has 156 valence electrons. The lowest BCUT2D eigenvalue weighted by Gasteiger charge is -2.06. The molecule has 0 unspecified atom stereocenters. The molecule has 0 radical (unpaired) electrons. The van der Waals surface area contributed by atoms with Gasteiger partial charge in [-0.25, -0.2) is 9.78 Å². The number of nitrogens with zero attached hydrogens (tertiary/aromatic N) is 2. The Morgan fingerprint density at radius 1 is 1.10 bits per heavy atom. The van der Waals surface area contributed by atoms with Crippen LogP contribution in [0.3, 0.4) is 0 Å². The van der Waals surface area contributed by atoms with E-state index in [9.17, 15) is 9.90 Å². The molecule has 7 nitrogen and oxygen atoms in total. The molecule has 3 aromatic rings. The van der Waals surface area contributed by atoms with Crippen molar-refractivity contribution in [3.8, 4) is 22.9 Å². The van der Waals surface area contributed by atoms with Crippen molar-refractivity contribution in [2.75, 3.05) is 14.2 Å². The van der Waals surface area contributed by atoms with Crippen LogP contribution in [0.2, 0.25) is 0 Å². The van der Waals surface area contributed by atoms with Crippen LogP contribution < -0.4 is 9.47 Å². The van der Waals surface area contributed by atoms with Gasteiger partial charge in [0.25, 0.3) is 0 Å². The normalized spacial score (nSPS) is 11.6. The fourth-order valence-electron chi connectivity index (χ4n) is 2.73. The summed E-state index contributed by atoms with van der Waals surface area (Å²) in [5, 5.41) is 16.9. The number of benzene rings is 2. The molecule has 1 heterocycles. The maximum Gasteiger partial charge on any atom is 0.342 e.